The maximum absolute atomic E-state index is 12.8. The summed E-state index contributed by atoms with van der Waals surface area (Å²) in [7, 11) is 0. The van der Waals surface area contributed by atoms with E-state index in [1.807, 2.05) is 24.3 Å². The van der Waals surface area contributed by atoms with Gasteiger partial charge in [-0.1, -0.05) is 23.7 Å². The van der Waals surface area contributed by atoms with E-state index < -0.39 is 0 Å². The summed E-state index contributed by atoms with van der Waals surface area (Å²) < 4.78 is 12.8. The van der Waals surface area contributed by atoms with Crippen LogP contribution < -0.4 is 5.43 Å². The number of nitrogens with one attached hydrogen (secondary N) is 1. The van der Waals surface area contributed by atoms with Gasteiger partial charge in [-0.15, -0.1) is 11.8 Å². The van der Waals surface area contributed by atoms with Crippen molar-refractivity contribution in [1.82, 2.24) is 5.43 Å². The molecule has 23 heavy (non-hydrogen) atoms. The second-order valence-electron chi connectivity index (χ2n) is 4.79. The molecule has 0 heterocycles. The van der Waals surface area contributed by atoms with Gasteiger partial charge in [0.2, 0.25) is 5.91 Å². The number of thioether (sulfide) groups is 1. The Morgan fingerprint density at radius 3 is 2.48 bits per heavy atom. The molecule has 2 rings (SSSR count). The van der Waals surface area contributed by atoms with Gasteiger partial charge < -0.3 is 0 Å². The highest BCUT2D eigenvalue weighted by molar-refractivity contribution is 7.99. The van der Waals surface area contributed by atoms with E-state index in [2.05, 4.69) is 10.5 Å². The molecule has 0 aliphatic carbocycles. The highest BCUT2D eigenvalue weighted by Crippen LogP contribution is 2.20. The molecule has 0 fully saturated rings. The van der Waals surface area contributed by atoms with Crippen LogP contribution in [0.2, 0.25) is 5.02 Å². The predicted octanol–water partition coefficient (Wildman–Crippen LogP) is 4.50. The summed E-state index contributed by atoms with van der Waals surface area (Å²) in [5.74, 6) is 0.191. The van der Waals surface area contributed by atoms with Crippen molar-refractivity contribution in [3.8, 4) is 0 Å². The fourth-order valence-corrected chi connectivity index (χ4v) is 2.73. The zero-order valence-corrected chi connectivity index (χ0v) is 14.1. The number of amides is 1. The Morgan fingerprint density at radius 2 is 1.83 bits per heavy atom. The van der Waals surface area contributed by atoms with E-state index in [4.69, 9.17) is 11.6 Å². The Morgan fingerprint density at radius 1 is 1.17 bits per heavy atom. The number of hydrazone groups is 1. The molecule has 0 spiro atoms. The molecule has 2 aromatic carbocycles. The summed E-state index contributed by atoms with van der Waals surface area (Å²) in [4.78, 5) is 12.8. The number of carbonyl (C=O) groups excluding carboxylic acids is 1. The van der Waals surface area contributed by atoms with E-state index >= 15 is 0 Å². The fraction of sp³-hybridized carbons (Fsp3) is 0.176. The quantitative estimate of drug-likeness (QED) is 0.473. The van der Waals surface area contributed by atoms with Gasteiger partial charge in [0.1, 0.15) is 5.82 Å². The number of hydrogen-bond acceptors (Lipinski definition) is 3. The Labute approximate surface area is 143 Å². The molecular weight excluding hydrogens is 335 g/mol. The molecule has 0 aliphatic rings. The monoisotopic (exact) mass is 350 g/mol. The average molecular weight is 351 g/mol. The Bertz CT molecular complexity index is 687. The lowest BCUT2D eigenvalue weighted by Gasteiger charge is -2.04. The minimum Gasteiger partial charge on any atom is -0.273 e. The van der Waals surface area contributed by atoms with Crippen LogP contribution in [0.5, 0.6) is 0 Å². The van der Waals surface area contributed by atoms with Gasteiger partial charge in [0.25, 0.3) is 0 Å². The van der Waals surface area contributed by atoms with Gasteiger partial charge in [-0.25, -0.2) is 9.82 Å². The summed E-state index contributed by atoms with van der Waals surface area (Å²) in [6.45, 7) is 1.76. The van der Waals surface area contributed by atoms with Crippen LogP contribution >= 0.6 is 23.4 Å². The van der Waals surface area contributed by atoms with Crippen molar-refractivity contribution in [1.29, 1.82) is 0 Å². The lowest BCUT2D eigenvalue weighted by Crippen LogP contribution is -2.19. The summed E-state index contributed by atoms with van der Waals surface area (Å²) in [6, 6.07) is 13.4. The molecule has 1 amide bonds. The first-order chi connectivity index (χ1) is 11.0. The number of benzene rings is 2. The lowest BCUT2D eigenvalue weighted by molar-refractivity contribution is -0.120. The van der Waals surface area contributed by atoms with E-state index in [0.29, 0.717) is 22.9 Å². The van der Waals surface area contributed by atoms with E-state index in [-0.39, 0.29) is 11.7 Å². The molecule has 6 heteroatoms. The second-order valence-corrected chi connectivity index (χ2v) is 6.40. The van der Waals surface area contributed by atoms with Crippen LogP contribution in [0.3, 0.4) is 0 Å². The van der Waals surface area contributed by atoms with Crippen LogP contribution in [-0.4, -0.2) is 17.4 Å². The summed E-state index contributed by atoms with van der Waals surface area (Å²) in [6.07, 6.45) is 0.355. The van der Waals surface area contributed by atoms with Crippen LogP contribution in [0.25, 0.3) is 0 Å². The zero-order chi connectivity index (χ0) is 16.7. The molecule has 2 aromatic rings. The van der Waals surface area contributed by atoms with Gasteiger partial charge >= 0.3 is 0 Å². The standard InChI is InChI=1S/C17H16ClFN2OS/c1-12(13-2-6-15(19)7-3-13)20-21-17(22)10-11-23-16-8-4-14(18)5-9-16/h2-9H,10-11H2,1H3,(H,21,22)/b20-12+. The molecule has 0 unspecified atom stereocenters. The summed E-state index contributed by atoms with van der Waals surface area (Å²) in [5, 5.41) is 4.72. The highest BCUT2D eigenvalue weighted by atomic mass is 35.5. The predicted molar refractivity (Wildman–Crippen MR) is 93.5 cm³/mol. The fourth-order valence-electron chi connectivity index (χ4n) is 1.75. The molecule has 120 valence electrons. The Hall–Kier alpha value is -1.85. The van der Waals surface area contributed by atoms with Gasteiger partial charge in [-0.05, 0) is 48.9 Å². The maximum Gasteiger partial charge on any atom is 0.240 e. The number of carbonyl (C=O) groups is 1. The second kappa shape index (κ2) is 8.70. The SMILES string of the molecule is C/C(=N\NC(=O)CCSc1ccc(Cl)cc1)c1ccc(F)cc1. The third-order valence-electron chi connectivity index (χ3n) is 3.02. The molecule has 0 bridgehead atoms. The Kier molecular flexibility index (Phi) is 6.62. The molecule has 0 atom stereocenters. The van der Waals surface area contributed by atoms with E-state index in [1.54, 1.807) is 30.8 Å². The van der Waals surface area contributed by atoms with E-state index in [1.165, 1.54) is 12.1 Å². The summed E-state index contributed by atoms with van der Waals surface area (Å²) in [5.41, 5.74) is 3.91. The maximum atomic E-state index is 12.8. The molecule has 0 saturated heterocycles. The number of nitrogens with zero attached hydrogens (tertiary/aromatic N) is 1. The van der Waals surface area contributed by atoms with Gasteiger partial charge in [-0.3, -0.25) is 4.79 Å². The third-order valence-corrected chi connectivity index (χ3v) is 4.29. The van der Waals surface area contributed by atoms with Gasteiger partial charge in [0, 0.05) is 22.1 Å². The van der Waals surface area contributed by atoms with Gasteiger partial charge in [0.15, 0.2) is 0 Å². The van der Waals surface area contributed by atoms with Crippen LogP contribution in [0.15, 0.2) is 58.5 Å². The highest BCUT2D eigenvalue weighted by Gasteiger charge is 2.03. The smallest absolute Gasteiger partial charge is 0.240 e. The van der Waals surface area contributed by atoms with Crippen LogP contribution in [0.1, 0.15) is 18.9 Å². The summed E-state index contributed by atoms with van der Waals surface area (Å²) >= 11 is 7.40. The van der Waals surface area contributed by atoms with E-state index in [0.717, 1.165) is 10.5 Å². The third kappa shape index (κ3) is 6.04. The van der Waals surface area contributed by atoms with Crippen molar-refractivity contribution in [2.75, 3.05) is 5.75 Å². The van der Waals surface area contributed by atoms with Crippen LogP contribution in [0.4, 0.5) is 4.39 Å². The van der Waals surface area contributed by atoms with Crippen molar-refractivity contribution in [3.05, 3.63) is 64.9 Å². The van der Waals surface area contributed by atoms with Crippen molar-refractivity contribution in [2.45, 2.75) is 18.2 Å². The van der Waals surface area contributed by atoms with Gasteiger partial charge in [-0.2, -0.15) is 5.10 Å². The van der Waals surface area contributed by atoms with Crippen LogP contribution in [0, 0.1) is 5.82 Å². The number of halogens is 2. The molecule has 1 N–H and O–H groups in total. The normalized spacial score (nSPS) is 11.3. The van der Waals surface area contributed by atoms with Crippen molar-refractivity contribution < 1.29 is 9.18 Å². The first-order valence-electron chi connectivity index (χ1n) is 7.02. The van der Waals surface area contributed by atoms with Crippen molar-refractivity contribution in [2.24, 2.45) is 5.10 Å². The molecule has 0 aromatic heterocycles. The zero-order valence-electron chi connectivity index (χ0n) is 12.6. The first kappa shape index (κ1) is 17.5. The average Bonchev–Trinajstić information content (AvgIpc) is 2.55. The number of hydrogen-bond donors (Lipinski definition) is 1. The molecule has 0 radical (unpaired) electrons. The largest absolute Gasteiger partial charge is 0.273 e. The van der Waals surface area contributed by atoms with Gasteiger partial charge in [0.05, 0.1) is 5.71 Å². The van der Waals surface area contributed by atoms with Crippen molar-refractivity contribution >= 4 is 35.0 Å². The minimum atomic E-state index is -0.301. The molecular formula is C17H16ClFN2OS. The minimum absolute atomic E-state index is 0.159. The van der Waals surface area contributed by atoms with E-state index in [9.17, 15) is 9.18 Å². The van der Waals surface area contributed by atoms with Crippen molar-refractivity contribution in [3.63, 3.8) is 0 Å². The lowest BCUT2D eigenvalue weighted by atomic mass is 10.1. The Balaban J connectivity index is 1.77. The topological polar surface area (TPSA) is 41.5 Å². The molecule has 0 saturated carbocycles. The van der Waals surface area contributed by atoms with Crippen LogP contribution in [-0.2, 0) is 4.79 Å². The molecule has 3 nitrogen and oxygen atoms in total. The first-order valence-corrected chi connectivity index (χ1v) is 8.38. The number of rotatable bonds is 6. The molecule has 0 aliphatic heterocycles.